The Balaban J connectivity index is 1.66. The van der Waals surface area contributed by atoms with Gasteiger partial charge in [0.25, 0.3) is 5.91 Å². The second-order valence-corrected chi connectivity index (χ2v) is 6.47. The summed E-state index contributed by atoms with van der Waals surface area (Å²) in [7, 11) is 0. The number of nitrogens with one attached hydrogen (secondary N) is 1. The number of nitrogens with zero attached hydrogens (tertiary/aromatic N) is 3. The smallest absolute Gasteiger partial charge is 0.267 e. The van der Waals surface area contributed by atoms with Crippen molar-refractivity contribution in [1.82, 2.24) is 15.2 Å². The minimum absolute atomic E-state index is 0.259. The topological polar surface area (TPSA) is 59.3 Å². The van der Waals surface area contributed by atoms with Gasteiger partial charge in [-0.3, -0.25) is 9.48 Å². The highest BCUT2D eigenvalue weighted by molar-refractivity contribution is 6.30. The highest BCUT2D eigenvalue weighted by Gasteiger charge is 2.07. The normalized spacial score (nSPS) is 11.0. The number of benzene rings is 2. The van der Waals surface area contributed by atoms with Gasteiger partial charge in [-0.2, -0.15) is 10.2 Å². The molecule has 2 aromatic carbocycles. The van der Waals surface area contributed by atoms with E-state index in [9.17, 15) is 4.79 Å². The van der Waals surface area contributed by atoms with Gasteiger partial charge in [0.2, 0.25) is 0 Å². The molecule has 0 aliphatic rings. The average Bonchev–Trinajstić information content (AvgIpc) is 2.94. The Bertz CT molecular complexity index is 945. The molecule has 3 aromatic rings. The Hall–Kier alpha value is -2.92. The molecule has 0 fully saturated rings. The predicted octanol–water partition coefficient (Wildman–Crippen LogP) is 3.97. The van der Waals surface area contributed by atoms with E-state index in [2.05, 4.69) is 15.6 Å². The molecule has 1 N–H and O–H groups in total. The predicted molar refractivity (Wildman–Crippen MR) is 104 cm³/mol. The van der Waals surface area contributed by atoms with Gasteiger partial charge < -0.3 is 0 Å². The van der Waals surface area contributed by atoms with E-state index in [1.807, 2.05) is 54.9 Å². The van der Waals surface area contributed by atoms with Crippen LogP contribution in [0.4, 0.5) is 0 Å². The maximum atomic E-state index is 12.3. The highest BCUT2D eigenvalue weighted by atomic mass is 35.5. The maximum absolute atomic E-state index is 12.3. The Kier molecular flexibility index (Phi) is 5.49. The van der Waals surface area contributed by atoms with Crippen LogP contribution in [0.25, 0.3) is 0 Å². The second-order valence-electron chi connectivity index (χ2n) is 6.04. The van der Waals surface area contributed by atoms with E-state index < -0.39 is 0 Å². The first-order valence-electron chi connectivity index (χ1n) is 8.20. The van der Waals surface area contributed by atoms with Gasteiger partial charge in [0.1, 0.15) is 0 Å². The van der Waals surface area contributed by atoms with E-state index in [4.69, 9.17) is 11.6 Å². The number of hydrogen-bond donors (Lipinski definition) is 1. The zero-order valence-electron chi connectivity index (χ0n) is 14.6. The molecular weight excluding hydrogens is 348 g/mol. The average molecular weight is 367 g/mol. The highest BCUT2D eigenvalue weighted by Crippen LogP contribution is 2.10. The molecule has 0 aliphatic carbocycles. The summed E-state index contributed by atoms with van der Waals surface area (Å²) < 4.78 is 1.92. The van der Waals surface area contributed by atoms with Crippen molar-refractivity contribution in [3.8, 4) is 0 Å². The van der Waals surface area contributed by atoms with E-state index in [1.54, 1.807) is 24.4 Å². The lowest BCUT2D eigenvalue weighted by Gasteiger charge is -2.06. The quantitative estimate of drug-likeness (QED) is 0.548. The van der Waals surface area contributed by atoms with Crippen molar-refractivity contribution in [2.24, 2.45) is 5.10 Å². The van der Waals surface area contributed by atoms with Crippen LogP contribution >= 0.6 is 11.6 Å². The Morgan fingerprint density at radius 2 is 1.96 bits per heavy atom. The van der Waals surface area contributed by atoms with Crippen LogP contribution in [0, 0.1) is 13.8 Å². The van der Waals surface area contributed by atoms with Crippen LogP contribution in [0.5, 0.6) is 0 Å². The van der Waals surface area contributed by atoms with E-state index in [-0.39, 0.29) is 5.91 Å². The summed E-state index contributed by atoms with van der Waals surface area (Å²) in [6.07, 6.45) is 1.58. The van der Waals surface area contributed by atoms with Crippen molar-refractivity contribution < 1.29 is 4.79 Å². The molecule has 0 saturated heterocycles. The van der Waals surface area contributed by atoms with Crippen molar-refractivity contribution >= 4 is 23.7 Å². The monoisotopic (exact) mass is 366 g/mol. The number of aryl methyl sites for hydroxylation is 2. The van der Waals surface area contributed by atoms with Crippen LogP contribution in [0.1, 0.15) is 32.9 Å². The minimum Gasteiger partial charge on any atom is -0.267 e. The van der Waals surface area contributed by atoms with Crippen LogP contribution < -0.4 is 5.43 Å². The molecule has 132 valence electrons. The number of halogens is 1. The van der Waals surface area contributed by atoms with E-state index in [1.165, 1.54) is 0 Å². The number of hydrazone groups is 1. The molecule has 1 aromatic heterocycles. The molecule has 6 heteroatoms. The zero-order chi connectivity index (χ0) is 18.5. The third kappa shape index (κ3) is 4.58. The first kappa shape index (κ1) is 17.9. The van der Waals surface area contributed by atoms with Gasteiger partial charge in [-0.1, -0.05) is 35.9 Å². The SMILES string of the molecule is Cc1cc(C)n(Cc2cccc(C(=O)NN=Cc3ccc(Cl)cc3)c2)n1. The number of carbonyl (C=O) groups excluding carboxylic acids is 1. The molecule has 0 atom stereocenters. The lowest BCUT2D eigenvalue weighted by atomic mass is 10.1. The first-order chi connectivity index (χ1) is 12.5. The second kappa shape index (κ2) is 7.97. The third-order valence-corrected chi connectivity index (χ3v) is 4.13. The summed E-state index contributed by atoms with van der Waals surface area (Å²) in [4.78, 5) is 12.3. The van der Waals surface area contributed by atoms with E-state index in [0.29, 0.717) is 17.1 Å². The lowest BCUT2D eigenvalue weighted by Crippen LogP contribution is -2.18. The Labute approximate surface area is 157 Å². The molecule has 26 heavy (non-hydrogen) atoms. The molecule has 1 amide bonds. The molecule has 0 aliphatic heterocycles. The summed E-state index contributed by atoms with van der Waals surface area (Å²) in [6, 6.07) is 16.7. The van der Waals surface area contributed by atoms with Gasteiger partial charge >= 0.3 is 0 Å². The lowest BCUT2D eigenvalue weighted by molar-refractivity contribution is 0.0955. The molecule has 0 spiro atoms. The Morgan fingerprint density at radius 1 is 1.19 bits per heavy atom. The van der Waals surface area contributed by atoms with E-state index in [0.717, 1.165) is 22.5 Å². The molecule has 3 rings (SSSR count). The number of amides is 1. The number of hydrogen-bond acceptors (Lipinski definition) is 3. The van der Waals surface area contributed by atoms with Crippen molar-refractivity contribution in [2.45, 2.75) is 20.4 Å². The van der Waals surface area contributed by atoms with Gasteiger partial charge in [-0.05, 0) is 55.3 Å². The number of aromatic nitrogens is 2. The van der Waals surface area contributed by atoms with Crippen LogP contribution in [0.3, 0.4) is 0 Å². The summed E-state index contributed by atoms with van der Waals surface area (Å²) in [5, 5.41) is 9.10. The molecule has 0 saturated carbocycles. The molecule has 0 unspecified atom stereocenters. The molecule has 1 heterocycles. The van der Waals surface area contributed by atoms with Gasteiger partial charge in [0, 0.05) is 16.3 Å². The molecule has 5 nitrogen and oxygen atoms in total. The summed E-state index contributed by atoms with van der Waals surface area (Å²) >= 11 is 5.84. The summed E-state index contributed by atoms with van der Waals surface area (Å²) in [6.45, 7) is 4.60. The van der Waals surface area contributed by atoms with Gasteiger partial charge in [-0.15, -0.1) is 0 Å². The van der Waals surface area contributed by atoms with Crippen molar-refractivity contribution in [3.05, 3.63) is 87.7 Å². The third-order valence-electron chi connectivity index (χ3n) is 3.87. The number of rotatable bonds is 5. The zero-order valence-corrected chi connectivity index (χ0v) is 15.4. The van der Waals surface area contributed by atoms with Crippen molar-refractivity contribution in [3.63, 3.8) is 0 Å². The molecular formula is C20H19ClN4O. The van der Waals surface area contributed by atoms with Gasteiger partial charge in [0.15, 0.2) is 0 Å². The fraction of sp³-hybridized carbons (Fsp3) is 0.150. The van der Waals surface area contributed by atoms with Crippen LogP contribution in [0.15, 0.2) is 59.7 Å². The fourth-order valence-electron chi connectivity index (χ4n) is 2.60. The molecule has 0 radical (unpaired) electrons. The van der Waals surface area contributed by atoms with Crippen molar-refractivity contribution in [1.29, 1.82) is 0 Å². The van der Waals surface area contributed by atoms with Gasteiger partial charge in [-0.25, -0.2) is 5.43 Å². The minimum atomic E-state index is -0.259. The van der Waals surface area contributed by atoms with Crippen LogP contribution in [-0.4, -0.2) is 21.9 Å². The van der Waals surface area contributed by atoms with E-state index >= 15 is 0 Å². The van der Waals surface area contributed by atoms with Gasteiger partial charge in [0.05, 0.1) is 18.5 Å². The van der Waals surface area contributed by atoms with Crippen molar-refractivity contribution in [2.75, 3.05) is 0 Å². The largest absolute Gasteiger partial charge is 0.271 e. The number of carbonyl (C=O) groups is 1. The summed E-state index contributed by atoms with van der Waals surface area (Å²) in [5.41, 5.74) is 7.02. The molecule has 0 bridgehead atoms. The standard InChI is InChI=1S/C20H19ClN4O/c1-14-10-15(2)25(24-14)13-17-4-3-5-18(11-17)20(26)23-22-12-16-6-8-19(21)9-7-16/h3-12H,13H2,1-2H3,(H,23,26). The summed E-state index contributed by atoms with van der Waals surface area (Å²) in [5.74, 6) is -0.259. The maximum Gasteiger partial charge on any atom is 0.271 e. The fourth-order valence-corrected chi connectivity index (χ4v) is 2.72. The Morgan fingerprint density at radius 3 is 2.65 bits per heavy atom. The van der Waals surface area contributed by atoms with Crippen LogP contribution in [-0.2, 0) is 6.54 Å². The van der Waals surface area contributed by atoms with Crippen LogP contribution in [0.2, 0.25) is 5.02 Å². The first-order valence-corrected chi connectivity index (χ1v) is 8.58.